The van der Waals surface area contributed by atoms with E-state index in [-0.39, 0.29) is 11.7 Å². The topological polar surface area (TPSA) is 60.4 Å². The molecule has 35 heavy (non-hydrogen) atoms. The highest BCUT2D eigenvalue weighted by Gasteiger charge is 2.53. The lowest BCUT2D eigenvalue weighted by atomic mass is 9.89. The summed E-state index contributed by atoms with van der Waals surface area (Å²) in [6.07, 6.45) is 6.31. The van der Waals surface area contributed by atoms with Gasteiger partial charge in [0.15, 0.2) is 5.78 Å². The maximum absolute atomic E-state index is 14.2. The highest BCUT2D eigenvalue weighted by atomic mass is 32.1. The molecule has 0 saturated heterocycles. The third-order valence-electron chi connectivity index (χ3n) is 6.63. The van der Waals surface area contributed by atoms with Crippen LogP contribution in [-0.4, -0.2) is 30.6 Å². The molecule has 0 spiro atoms. The Morgan fingerprint density at radius 1 is 1.14 bits per heavy atom. The number of thiophene rings is 1. The van der Waals surface area contributed by atoms with Crippen LogP contribution in [0.1, 0.15) is 59.1 Å². The third kappa shape index (κ3) is 7.40. The first kappa shape index (κ1) is 26.9. The average Bonchev–Trinajstić information content (AvgIpc) is 3.40. The molecule has 1 aliphatic rings. The molecule has 0 radical (unpaired) electrons. The minimum atomic E-state index is -3.36. The Bertz CT molecular complexity index is 1040. The largest absolute Gasteiger partial charge is 0.465 e. The van der Waals surface area contributed by atoms with Crippen molar-refractivity contribution in [3.63, 3.8) is 0 Å². The first-order valence-corrected chi connectivity index (χ1v) is 12.9. The van der Waals surface area contributed by atoms with Crippen LogP contribution in [0, 0.1) is 17.8 Å². The normalized spacial score (nSPS) is 20.3. The van der Waals surface area contributed by atoms with E-state index in [2.05, 4.69) is 12.1 Å². The van der Waals surface area contributed by atoms with Gasteiger partial charge in [-0.1, -0.05) is 43.3 Å². The molecule has 0 amide bonds. The van der Waals surface area contributed by atoms with E-state index in [1.807, 2.05) is 31.2 Å². The average molecular weight is 503 g/mol. The highest BCUT2D eigenvalue weighted by molar-refractivity contribution is 7.13. The summed E-state index contributed by atoms with van der Waals surface area (Å²) in [4.78, 5) is 37.9. The summed E-state index contributed by atoms with van der Waals surface area (Å²) < 4.78 is 33.1. The molecular formula is C28H32F2O4S. The van der Waals surface area contributed by atoms with Gasteiger partial charge in [-0.3, -0.25) is 9.59 Å². The zero-order chi connectivity index (χ0) is 25.4. The molecule has 0 bridgehead atoms. The number of carbonyl (C=O) groups excluding carboxylic acids is 3. The number of hydrogen-bond acceptors (Lipinski definition) is 5. The van der Waals surface area contributed by atoms with E-state index in [1.165, 1.54) is 36.2 Å². The van der Waals surface area contributed by atoms with Gasteiger partial charge < -0.3 is 4.74 Å². The Kier molecular flexibility index (Phi) is 9.49. The van der Waals surface area contributed by atoms with Gasteiger partial charge in [0.25, 0.3) is 0 Å². The molecule has 1 saturated carbocycles. The van der Waals surface area contributed by atoms with Crippen molar-refractivity contribution in [1.82, 2.24) is 0 Å². The Morgan fingerprint density at radius 3 is 2.60 bits per heavy atom. The van der Waals surface area contributed by atoms with Crippen LogP contribution in [0.25, 0.3) is 0 Å². The molecule has 1 fully saturated rings. The maximum atomic E-state index is 14.2. The molecular weight excluding hydrogens is 470 g/mol. The first-order chi connectivity index (χ1) is 16.7. The predicted octanol–water partition coefficient (Wildman–Crippen LogP) is 6.48. The summed E-state index contributed by atoms with van der Waals surface area (Å²) in [6.45, 7) is 1.85. The molecule has 3 atom stereocenters. The smallest absolute Gasteiger partial charge is 0.348 e. The molecule has 3 rings (SSSR count). The lowest BCUT2D eigenvalue weighted by Crippen LogP contribution is -2.25. The van der Waals surface area contributed by atoms with Crippen LogP contribution in [0.5, 0.6) is 0 Å². The molecule has 2 aromatic rings. The van der Waals surface area contributed by atoms with Crippen LogP contribution in [0.15, 0.2) is 54.6 Å². The summed E-state index contributed by atoms with van der Waals surface area (Å²) in [6, 6.07) is 13.5. The molecule has 1 heterocycles. The Balaban J connectivity index is 1.52. The number of allylic oxidation sites excluding steroid dienone is 2. The molecule has 188 valence electrons. The van der Waals surface area contributed by atoms with Gasteiger partial charge >= 0.3 is 11.9 Å². The molecule has 0 N–H and O–H groups in total. The molecule has 1 unspecified atom stereocenters. The van der Waals surface area contributed by atoms with Gasteiger partial charge in [-0.05, 0) is 68.2 Å². The van der Waals surface area contributed by atoms with Gasteiger partial charge in [0, 0.05) is 23.1 Å². The van der Waals surface area contributed by atoms with Gasteiger partial charge in [-0.2, -0.15) is 8.78 Å². The van der Waals surface area contributed by atoms with Gasteiger partial charge in [0.2, 0.25) is 5.78 Å². The van der Waals surface area contributed by atoms with Crippen LogP contribution >= 0.6 is 11.3 Å². The van der Waals surface area contributed by atoms with Crippen molar-refractivity contribution in [2.45, 2.75) is 57.8 Å². The molecule has 1 aromatic carbocycles. The van der Waals surface area contributed by atoms with Gasteiger partial charge in [-0.15, -0.1) is 11.3 Å². The maximum Gasteiger partial charge on any atom is 0.348 e. The summed E-state index contributed by atoms with van der Waals surface area (Å²) in [5, 5.41) is 0. The Hall–Kier alpha value is -2.67. The molecule has 4 nitrogen and oxygen atoms in total. The van der Waals surface area contributed by atoms with E-state index in [0.29, 0.717) is 24.1 Å². The number of ether oxygens (including phenoxy) is 1. The minimum absolute atomic E-state index is 0.0894. The molecule has 1 aliphatic carbocycles. The number of halogens is 2. The van der Waals surface area contributed by atoms with Crippen molar-refractivity contribution in [3.8, 4) is 0 Å². The number of aryl methyl sites for hydroxylation is 2. The van der Waals surface area contributed by atoms with Crippen LogP contribution in [-0.2, 0) is 27.2 Å². The van der Waals surface area contributed by atoms with Crippen molar-refractivity contribution < 1.29 is 27.9 Å². The third-order valence-corrected chi connectivity index (χ3v) is 7.76. The van der Waals surface area contributed by atoms with E-state index in [4.69, 9.17) is 4.74 Å². The fourth-order valence-corrected chi connectivity index (χ4v) is 5.52. The number of hydrogen-bond donors (Lipinski definition) is 0. The summed E-state index contributed by atoms with van der Waals surface area (Å²) >= 11 is 1.31. The Morgan fingerprint density at radius 2 is 1.89 bits per heavy atom. The van der Waals surface area contributed by atoms with Crippen molar-refractivity contribution in [2.75, 3.05) is 7.11 Å². The fraction of sp³-hybridized carbons (Fsp3) is 0.464. The predicted molar refractivity (Wildman–Crippen MR) is 133 cm³/mol. The lowest BCUT2D eigenvalue weighted by molar-refractivity contribution is -0.141. The van der Waals surface area contributed by atoms with E-state index in [0.717, 1.165) is 24.1 Å². The van der Waals surface area contributed by atoms with E-state index in [1.54, 1.807) is 6.07 Å². The molecule has 1 aromatic heterocycles. The standard InChI is InChI=1S/C28H32F2O4S/c1-19(8-6-11-20-9-4-3-5-10-20)24(31)16-14-21-18-28(29,30)26(32)23(21)13-7-12-22-15-17-25(35-22)27(33)34-2/h3-5,9-10,14-17,19,21,23H,6-8,11-13,18H2,1-2H3/b16-14+/t19-,21-,23?/m0/s1. The fourth-order valence-electron chi connectivity index (χ4n) is 4.55. The second kappa shape index (κ2) is 12.3. The monoisotopic (exact) mass is 502 g/mol. The van der Waals surface area contributed by atoms with Crippen molar-refractivity contribution in [3.05, 3.63) is 69.9 Å². The number of benzene rings is 1. The van der Waals surface area contributed by atoms with Crippen LogP contribution in [0.4, 0.5) is 8.78 Å². The number of methoxy groups -OCH3 is 1. The number of rotatable bonds is 12. The molecule has 0 aliphatic heterocycles. The van der Waals surface area contributed by atoms with Gasteiger partial charge in [-0.25, -0.2) is 4.79 Å². The van der Waals surface area contributed by atoms with Crippen molar-refractivity contribution in [1.29, 1.82) is 0 Å². The first-order valence-electron chi connectivity index (χ1n) is 12.1. The zero-order valence-corrected chi connectivity index (χ0v) is 21.0. The van der Waals surface area contributed by atoms with Crippen LogP contribution < -0.4 is 0 Å². The number of ketones is 2. The number of carbonyl (C=O) groups is 3. The number of alkyl halides is 2. The van der Waals surface area contributed by atoms with Gasteiger partial charge in [0.1, 0.15) is 4.88 Å². The van der Waals surface area contributed by atoms with Gasteiger partial charge in [0.05, 0.1) is 7.11 Å². The minimum Gasteiger partial charge on any atom is -0.465 e. The summed E-state index contributed by atoms with van der Waals surface area (Å²) in [5.41, 5.74) is 1.22. The molecule has 7 heteroatoms. The lowest BCUT2D eigenvalue weighted by Gasteiger charge is -2.14. The SMILES string of the molecule is COC(=O)c1ccc(CCCC2C(=O)C(F)(F)C[C@@H]2/C=C/C(=O)[C@@H](C)CCCc2ccccc2)s1. The summed E-state index contributed by atoms with van der Waals surface area (Å²) in [5.74, 6) is -6.53. The number of Topliss-reactive ketones (excluding diaryl/α,β-unsaturated/α-hetero) is 1. The van der Waals surface area contributed by atoms with E-state index >= 15 is 0 Å². The summed E-state index contributed by atoms with van der Waals surface area (Å²) in [7, 11) is 1.32. The van der Waals surface area contributed by atoms with Crippen molar-refractivity contribution >= 4 is 28.9 Å². The van der Waals surface area contributed by atoms with E-state index in [9.17, 15) is 23.2 Å². The number of esters is 1. The quantitative estimate of drug-likeness (QED) is 0.246. The second-order valence-corrected chi connectivity index (χ2v) is 10.4. The van der Waals surface area contributed by atoms with Crippen LogP contribution in [0.2, 0.25) is 0 Å². The Labute approximate surface area is 209 Å². The second-order valence-electron chi connectivity index (χ2n) is 9.23. The van der Waals surface area contributed by atoms with Crippen molar-refractivity contribution in [2.24, 2.45) is 17.8 Å². The van der Waals surface area contributed by atoms with E-state index < -0.39 is 35.9 Å². The highest BCUT2D eigenvalue weighted by Crippen LogP contribution is 2.43. The van der Waals surface area contributed by atoms with Crippen LogP contribution in [0.3, 0.4) is 0 Å². The zero-order valence-electron chi connectivity index (χ0n) is 20.2.